The molecule has 0 bridgehead atoms. The van der Waals surface area contributed by atoms with Gasteiger partial charge in [0.1, 0.15) is 0 Å². The maximum absolute atomic E-state index is 10.6. The molecule has 0 radical (unpaired) electrons. The lowest BCUT2D eigenvalue weighted by Gasteiger charge is -2.02. The number of aldehydes is 1. The molecule has 1 saturated heterocycles. The highest BCUT2D eigenvalue weighted by atomic mass is 32.1. The van der Waals surface area contributed by atoms with Crippen molar-refractivity contribution in [1.82, 2.24) is 5.32 Å². The Hall–Kier alpha value is -0.670. The van der Waals surface area contributed by atoms with Crippen molar-refractivity contribution < 1.29 is 4.79 Å². The molecule has 2 rings (SSSR count). The molecular weight excluding hydrogens is 182 g/mol. The minimum Gasteiger partial charge on any atom is -0.316 e. The van der Waals surface area contributed by atoms with Crippen LogP contribution in [0.4, 0.5) is 0 Å². The molecule has 0 aliphatic carbocycles. The molecule has 3 heteroatoms. The van der Waals surface area contributed by atoms with Crippen molar-refractivity contribution in [2.75, 3.05) is 13.1 Å². The molecule has 2 nitrogen and oxygen atoms in total. The third-order valence-electron chi connectivity index (χ3n) is 2.56. The van der Waals surface area contributed by atoms with Gasteiger partial charge in [-0.25, -0.2) is 0 Å². The van der Waals surface area contributed by atoms with E-state index in [1.807, 2.05) is 13.0 Å². The van der Waals surface area contributed by atoms with Gasteiger partial charge in [0, 0.05) is 27.8 Å². The zero-order chi connectivity index (χ0) is 9.26. The Labute approximate surface area is 82.0 Å². The summed E-state index contributed by atoms with van der Waals surface area (Å²) in [6, 6.07) is 2.05. The molecule has 1 aromatic rings. The van der Waals surface area contributed by atoms with Gasteiger partial charge in [0.25, 0.3) is 0 Å². The predicted molar refractivity (Wildman–Crippen MR) is 54.7 cm³/mol. The Morgan fingerprint density at radius 3 is 3.08 bits per heavy atom. The van der Waals surface area contributed by atoms with Gasteiger partial charge in [0.2, 0.25) is 0 Å². The lowest BCUT2D eigenvalue weighted by atomic mass is 10.1. The molecule has 1 aliphatic heterocycles. The highest BCUT2D eigenvalue weighted by Gasteiger charge is 2.19. The fourth-order valence-corrected chi connectivity index (χ4v) is 2.87. The number of carbonyl (C=O) groups is 1. The maximum Gasteiger partial charge on any atom is 0.151 e. The zero-order valence-electron chi connectivity index (χ0n) is 7.67. The smallest absolute Gasteiger partial charge is 0.151 e. The summed E-state index contributed by atoms with van der Waals surface area (Å²) in [6.45, 7) is 4.19. The molecule has 0 aromatic carbocycles. The van der Waals surface area contributed by atoms with Gasteiger partial charge in [-0.2, -0.15) is 0 Å². The van der Waals surface area contributed by atoms with Crippen LogP contribution in [-0.2, 0) is 0 Å². The monoisotopic (exact) mass is 195 g/mol. The molecule has 0 saturated carbocycles. The quantitative estimate of drug-likeness (QED) is 0.731. The molecular formula is C10H13NOS. The summed E-state index contributed by atoms with van der Waals surface area (Å²) in [7, 11) is 0. The SMILES string of the molecule is Cc1sc(C2CCNC2)cc1C=O. The van der Waals surface area contributed by atoms with Crippen LogP contribution in [0, 0.1) is 6.92 Å². The van der Waals surface area contributed by atoms with Crippen LogP contribution in [0.5, 0.6) is 0 Å². The van der Waals surface area contributed by atoms with Crippen LogP contribution in [0.2, 0.25) is 0 Å². The van der Waals surface area contributed by atoms with Crippen LogP contribution in [0.25, 0.3) is 0 Å². The van der Waals surface area contributed by atoms with Crippen molar-refractivity contribution in [2.45, 2.75) is 19.3 Å². The Morgan fingerprint density at radius 1 is 1.69 bits per heavy atom. The maximum atomic E-state index is 10.6. The van der Waals surface area contributed by atoms with E-state index in [4.69, 9.17) is 0 Å². The van der Waals surface area contributed by atoms with Gasteiger partial charge >= 0.3 is 0 Å². The van der Waals surface area contributed by atoms with E-state index in [2.05, 4.69) is 5.32 Å². The van der Waals surface area contributed by atoms with Gasteiger partial charge in [-0.3, -0.25) is 4.79 Å². The van der Waals surface area contributed by atoms with Crippen LogP contribution >= 0.6 is 11.3 Å². The van der Waals surface area contributed by atoms with Crippen LogP contribution in [0.1, 0.15) is 32.5 Å². The summed E-state index contributed by atoms with van der Waals surface area (Å²) in [5, 5.41) is 3.34. The van der Waals surface area contributed by atoms with Gasteiger partial charge in [0.15, 0.2) is 6.29 Å². The summed E-state index contributed by atoms with van der Waals surface area (Å²) in [5.41, 5.74) is 0.868. The van der Waals surface area contributed by atoms with Gasteiger partial charge in [-0.15, -0.1) is 11.3 Å². The third-order valence-corrected chi connectivity index (χ3v) is 3.79. The van der Waals surface area contributed by atoms with Crippen LogP contribution < -0.4 is 5.32 Å². The Kier molecular flexibility index (Phi) is 2.47. The van der Waals surface area contributed by atoms with Crippen molar-refractivity contribution in [2.24, 2.45) is 0 Å². The second-order valence-corrected chi connectivity index (χ2v) is 4.76. The van der Waals surface area contributed by atoms with E-state index in [1.54, 1.807) is 11.3 Å². The van der Waals surface area contributed by atoms with Crippen molar-refractivity contribution in [3.8, 4) is 0 Å². The van der Waals surface area contributed by atoms with Crippen molar-refractivity contribution >= 4 is 17.6 Å². The van der Waals surface area contributed by atoms with Gasteiger partial charge < -0.3 is 5.32 Å². The van der Waals surface area contributed by atoms with E-state index in [0.29, 0.717) is 5.92 Å². The van der Waals surface area contributed by atoms with E-state index >= 15 is 0 Å². The van der Waals surface area contributed by atoms with E-state index in [1.165, 1.54) is 11.3 Å². The highest BCUT2D eigenvalue weighted by Crippen LogP contribution is 2.30. The highest BCUT2D eigenvalue weighted by molar-refractivity contribution is 7.12. The molecule has 1 N–H and O–H groups in total. The normalized spacial score (nSPS) is 22.1. The second-order valence-electron chi connectivity index (χ2n) is 3.47. The van der Waals surface area contributed by atoms with Crippen molar-refractivity contribution in [3.63, 3.8) is 0 Å². The number of nitrogens with one attached hydrogen (secondary N) is 1. The summed E-state index contributed by atoms with van der Waals surface area (Å²) < 4.78 is 0. The number of thiophene rings is 1. The van der Waals surface area contributed by atoms with E-state index < -0.39 is 0 Å². The molecule has 1 aliphatic rings. The zero-order valence-corrected chi connectivity index (χ0v) is 8.49. The van der Waals surface area contributed by atoms with Gasteiger partial charge in [-0.05, 0) is 26.0 Å². The van der Waals surface area contributed by atoms with E-state index in [-0.39, 0.29) is 0 Å². The van der Waals surface area contributed by atoms with Crippen molar-refractivity contribution in [1.29, 1.82) is 0 Å². The minimum absolute atomic E-state index is 0.636. The number of hydrogen-bond donors (Lipinski definition) is 1. The standard InChI is InChI=1S/C10H13NOS/c1-7-9(6-12)4-10(13-7)8-2-3-11-5-8/h4,6,8,11H,2-3,5H2,1H3. The molecule has 1 unspecified atom stereocenters. The first-order valence-electron chi connectivity index (χ1n) is 4.57. The number of aryl methyl sites for hydroxylation is 1. The van der Waals surface area contributed by atoms with Gasteiger partial charge in [-0.1, -0.05) is 0 Å². The summed E-state index contributed by atoms with van der Waals surface area (Å²) in [5.74, 6) is 0.636. The summed E-state index contributed by atoms with van der Waals surface area (Å²) in [4.78, 5) is 13.2. The molecule has 2 heterocycles. The summed E-state index contributed by atoms with van der Waals surface area (Å²) >= 11 is 1.76. The van der Waals surface area contributed by atoms with E-state index in [9.17, 15) is 4.79 Å². The lowest BCUT2D eigenvalue weighted by molar-refractivity contribution is 0.112. The number of rotatable bonds is 2. The number of carbonyl (C=O) groups excluding carboxylic acids is 1. The fraction of sp³-hybridized carbons (Fsp3) is 0.500. The topological polar surface area (TPSA) is 29.1 Å². The first-order valence-corrected chi connectivity index (χ1v) is 5.39. The average molecular weight is 195 g/mol. The fourth-order valence-electron chi connectivity index (χ4n) is 1.74. The van der Waals surface area contributed by atoms with Crippen molar-refractivity contribution in [3.05, 3.63) is 21.4 Å². The largest absolute Gasteiger partial charge is 0.316 e. The Bertz CT molecular complexity index is 313. The first kappa shape index (κ1) is 8.91. The minimum atomic E-state index is 0.636. The first-order chi connectivity index (χ1) is 6.31. The molecule has 0 amide bonds. The van der Waals surface area contributed by atoms with Crippen LogP contribution in [-0.4, -0.2) is 19.4 Å². The average Bonchev–Trinajstić information content (AvgIpc) is 2.71. The number of hydrogen-bond acceptors (Lipinski definition) is 3. The molecule has 13 heavy (non-hydrogen) atoms. The second kappa shape index (κ2) is 3.60. The molecule has 1 atom stereocenters. The molecule has 1 aromatic heterocycles. The summed E-state index contributed by atoms with van der Waals surface area (Å²) in [6.07, 6.45) is 2.16. The predicted octanol–water partition coefficient (Wildman–Crippen LogP) is 1.95. The molecule has 0 spiro atoms. The van der Waals surface area contributed by atoms with Crippen LogP contribution in [0.15, 0.2) is 6.07 Å². The Morgan fingerprint density at radius 2 is 2.54 bits per heavy atom. The molecule has 70 valence electrons. The van der Waals surface area contributed by atoms with Crippen LogP contribution in [0.3, 0.4) is 0 Å². The lowest BCUT2D eigenvalue weighted by Crippen LogP contribution is -2.07. The third kappa shape index (κ3) is 1.67. The van der Waals surface area contributed by atoms with Gasteiger partial charge in [0.05, 0.1) is 0 Å². The van der Waals surface area contributed by atoms with E-state index in [0.717, 1.165) is 29.8 Å². The Balaban J connectivity index is 2.24. The molecule has 1 fully saturated rings.